The molecule has 118 valence electrons. The van der Waals surface area contributed by atoms with Gasteiger partial charge in [0.2, 0.25) is 5.91 Å². The van der Waals surface area contributed by atoms with Crippen LogP contribution in [0.3, 0.4) is 0 Å². The van der Waals surface area contributed by atoms with E-state index >= 15 is 0 Å². The van der Waals surface area contributed by atoms with Crippen LogP contribution in [-0.2, 0) is 4.79 Å². The molecule has 4 heteroatoms. The van der Waals surface area contributed by atoms with E-state index in [0.717, 1.165) is 50.6 Å². The van der Waals surface area contributed by atoms with Crippen molar-refractivity contribution in [3.05, 3.63) is 0 Å². The zero-order valence-corrected chi connectivity index (χ0v) is 13.1. The van der Waals surface area contributed by atoms with Crippen LogP contribution in [0.15, 0.2) is 0 Å². The van der Waals surface area contributed by atoms with E-state index in [1.54, 1.807) is 0 Å². The SMILES string of the molecule is O=C(CC1CCCN1)N1CCN(C2CC3CCC2C3)CC1. The first-order chi connectivity index (χ1) is 10.3. The van der Waals surface area contributed by atoms with Crippen LogP contribution in [0.5, 0.6) is 0 Å². The Morgan fingerprint density at radius 2 is 1.90 bits per heavy atom. The Kier molecular flexibility index (Phi) is 3.92. The van der Waals surface area contributed by atoms with Gasteiger partial charge in [0.05, 0.1) is 0 Å². The third kappa shape index (κ3) is 2.85. The van der Waals surface area contributed by atoms with E-state index in [0.29, 0.717) is 18.4 Å². The highest BCUT2D eigenvalue weighted by Crippen LogP contribution is 2.46. The second kappa shape index (κ2) is 5.88. The molecule has 2 saturated heterocycles. The summed E-state index contributed by atoms with van der Waals surface area (Å²) in [5.41, 5.74) is 0. The van der Waals surface area contributed by atoms with Gasteiger partial charge in [0.15, 0.2) is 0 Å². The summed E-state index contributed by atoms with van der Waals surface area (Å²) in [4.78, 5) is 17.2. The third-order valence-corrected chi connectivity index (χ3v) is 6.42. The molecule has 2 bridgehead atoms. The van der Waals surface area contributed by atoms with E-state index in [1.807, 2.05) is 0 Å². The van der Waals surface area contributed by atoms with Crippen LogP contribution < -0.4 is 5.32 Å². The first-order valence-electron chi connectivity index (χ1n) is 9.05. The minimum absolute atomic E-state index is 0.377. The van der Waals surface area contributed by atoms with Crippen LogP contribution in [0.4, 0.5) is 0 Å². The first kappa shape index (κ1) is 14.0. The number of hydrogen-bond acceptors (Lipinski definition) is 3. The number of carbonyl (C=O) groups is 1. The van der Waals surface area contributed by atoms with Crippen LogP contribution >= 0.6 is 0 Å². The summed E-state index contributed by atoms with van der Waals surface area (Å²) in [5.74, 6) is 2.37. The molecule has 0 aromatic rings. The maximum Gasteiger partial charge on any atom is 0.224 e. The Hall–Kier alpha value is -0.610. The van der Waals surface area contributed by atoms with Crippen LogP contribution in [0.2, 0.25) is 0 Å². The molecule has 4 atom stereocenters. The molecule has 0 spiro atoms. The number of amides is 1. The monoisotopic (exact) mass is 291 g/mol. The molecule has 4 unspecified atom stereocenters. The third-order valence-electron chi connectivity index (χ3n) is 6.42. The molecule has 2 aliphatic heterocycles. The minimum atomic E-state index is 0.377. The summed E-state index contributed by atoms with van der Waals surface area (Å²) in [6, 6.07) is 1.29. The maximum atomic E-state index is 12.4. The maximum absolute atomic E-state index is 12.4. The van der Waals surface area contributed by atoms with Crippen molar-refractivity contribution in [3.8, 4) is 0 Å². The lowest BCUT2D eigenvalue weighted by Crippen LogP contribution is -2.53. The molecule has 21 heavy (non-hydrogen) atoms. The van der Waals surface area contributed by atoms with Crippen molar-refractivity contribution < 1.29 is 4.79 Å². The van der Waals surface area contributed by atoms with E-state index < -0.39 is 0 Å². The van der Waals surface area contributed by atoms with Crippen LogP contribution in [-0.4, -0.2) is 60.5 Å². The van der Waals surface area contributed by atoms with Crippen molar-refractivity contribution >= 4 is 5.91 Å². The molecule has 4 aliphatic rings. The second-order valence-electron chi connectivity index (χ2n) is 7.66. The number of rotatable bonds is 3. The molecule has 4 nitrogen and oxygen atoms in total. The van der Waals surface area contributed by atoms with E-state index in [9.17, 15) is 4.79 Å². The zero-order chi connectivity index (χ0) is 14.2. The standard InChI is InChI=1S/C17H29N3O/c21-17(12-15-2-1-5-18-15)20-8-6-19(7-9-20)16-11-13-3-4-14(16)10-13/h13-16,18H,1-12H2. The molecule has 1 amide bonds. The van der Waals surface area contributed by atoms with Crippen molar-refractivity contribution in [1.29, 1.82) is 0 Å². The van der Waals surface area contributed by atoms with Gasteiger partial charge in [0.1, 0.15) is 0 Å². The molecular weight excluding hydrogens is 262 g/mol. The molecule has 1 N–H and O–H groups in total. The van der Waals surface area contributed by atoms with E-state index in [-0.39, 0.29) is 0 Å². The van der Waals surface area contributed by atoms with Gasteiger partial charge in [-0.15, -0.1) is 0 Å². The van der Waals surface area contributed by atoms with Crippen LogP contribution in [0, 0.1) is 11.8 Å². The van der Waals surface area contributed by atoms with Gasteiger partial charge in [-0.25, -0.2) is 0 Å². The summed E-state index contributed by atoms with van der Waals surface area (Å²) in [6.07, 6.45) is 8.98. The van der Waals surface area contributed by atoms with Gasteiger partial charge in [0, 0.05) is 44.7 Å². The Balaban J connectivity index is 1.25. The average molecular weight is 291 g/mol. The summed E-state index contributed by atoms with van der Waals surface area (Å²) in [6.45, 7) is 5.23. The molecule has 2 aliphatic carbocycles. The van der Waals surface area contributed by atoms with E-state index in [4.69, 9.17) is 0 Å². The second-order valence-corrected chi connectivity index (χ2v) is 7.66. The highest BCUT2D eigenvalue weighted by molar-refractivity contribution is 5.77. The molecule has 0 radical (unpaired) electrons. The lowest BCUT2D eigenvalue weighted by Gasteiger charge is -2.41. The Morgan fingerprint density at radius 3 is 2.52 bits per heavy atom. The lowest BCUT2D eigenvalue weighted by atomic mass is 9.93. The van der Waals surface area contributed by atoms with Gasteiger partial charge in [-0.1, -0.05) is 6.42 Å². The van der Waals surface area contributed by atoms with Crippen LogP contribution in [0.25, 0.3) is 0 Å². The number of nitrogens with one attached hydrogen (secondary N) is 1. The van der Waals surface area contributed by atoms with Crippen molar-refractivity contribution in [3.63, 3.8) is 0 Å². The molecule has 0 aromatic heterocycles. The molecule has 4 fully saturated rings. The van der Waals surface area contributed by atoms with Crippen molar-refractivity contribution in [2.24, 2.45) is 11.8 Å². The highest BCUT2D eigenvalue weighted by atomic mass is 16.2. The summed E-state index contributed by atoms with van der Waals surface area (Å²) in [5, 5.41) is 3.44. The molecule has 0 aromatic carbocycles. The topological polar surface area (TPSA) is 35.6 Å². The Labute approximate surface area is 128 Å². The van der Waals surface area contributed by atoms with Crippen molar-refractivity contribution in [2.45, 2.75) is 57.0 Å². The number of piperazine rings is 1. The summed E-state index contributed by atoms with van der Waals surface area (Å²) < 4.78 is 0. The van der Waals surface area contributed by atoms with Crippen LogP contribution in [0.1, 0.15) is 44.9 Å². The van der Waals surface area contributed by atoms with E-state index in [1.165, 1.54) is 38.5 Å². The minimum Gasteiger partial charge on any atom is -0.340 e. The Morgan fingerprint density at radius 1 is 1.05 bits per heavy atom. The fourth-order valence-electron chi connectivity index (χ4n) is 5.23. The molecule has 4 rings (SSSR count). The number of hydrogen-bond donors (Lipinski definition) is 1. The van der Waals surface area contributed by atoms with Gasteiger partial charge < -0.3 is 10.2 Å². The largest absolute Gasteiger partial charge is 0.340 e. The van der Waals surface area contributed by atoms with Gasteiger partial charge >= 0.3 is 0 Å². The highest BCUT2D eigenvalue weighted by Gasteiger charge is 2.42. The number of carbonyl (C=O) groups excluding carboxylic acids is 1. The van der Waals surface area contributed by atoms with Crippen molar-refractivity contribution in [1.82, 2.24) is 15.1 Å². The fourth-order valence-corrected chi connectivity index (χ4v) is 5.23. The Bertz CT molecular complexity index is 385. The van der Waals surface area contributed by atoms with Gasteiger partial charge in [-0.05, 0) is 50.5 Å². The van der Waals surface area contributed by atoms with Gasteiger partial charge in [-0.3, -0.25) is 9.69 Å². The normalized spacial score (nSPS) is 40.1. The predicted molar refractivity (Wildman–Crippen MR) is 83.0 cm³/mol. The lowest BCUT2D eigenvalue weighted by molar-refractivity contribution is -0.133. The van der Waals surface area contributed by atoms with E-state index in [2.05, 4.69) is 15.1 Å². The molecular formula is C17H29N3O. The molecule has 2 saturated carbocycles. The van der Waals surface area contributed by atoms with Crippen molar-refractivity contribution in [2.75, 3.05) is 32.7 Å². The molecule has 2 heterocycles. The average Bonchev–Trinajstić information content (AvgIpc) is 3.25. The fraction of sp³-hybridized carbons (Fsp3) is 0.941. The number of fused-ring (bicyclic) bond motifs is 2. The predicted octanol–water partition coefficient (Wildman–Crippen LogP) is 1.46. The quantitative estimate of drug-likeness (QED) is 0.855. The smallest absolute Gasteiger partial charge is 0.224 e. The van der Waals surface area contributed by atoms with Gasteiger partial charge in [-0.2, -0.15) is 0 Å². The summed E-state index contributed by atoms with van der Waals surface area (Å²) in [7, 11) is 0. The number of nitrogens with zero attached hydrogens (tertiary/aromatic N) is 2. The summed E-state index contributed by atoms with van der Waals surface area (Å²) >= 11 is 0. The van der Waals surface area contributed by atoms with Gasteiger partial charge in [0.25, 0.3) is 0 Å². The first-order valence-corrected chi connectivity index (χ1v) is 9.05. The zero-order valence-electron chi connectivity index (χ0n) is 13.1.